The van der Waals surface area contributed by atoms with Crippen LogP contribution in [-0.2, 0) is 6.54 Å². The van der Waals surface area contributed by atoms with Crippen LogP contribution >= 0.6 is 0 Å². The highest BCUT2D eigenvalue weighted by Crippen LogP contribution is 2.32. The zero-order chi connectivity index (χ0) is 14.7. The van der Waals surface area contributed by atoms with Gasteiger partial charge in [-0.2, -0.15) is 0 Å². The van der Waals surface area contributed by atoms with Gasteiger partial charge in [0.25, 0.3) is 0 Å². The second-order valence-corrected chi connectivity index (χ2v) is 4.60. The van der Waals surface area contributed by atoms with E-state index in [-0.39, 0.29) is 0 Å². The molecule has 0 bridgehead atoms. The predicted molar refractivity (Wildman–Crippen MR) is 82.7 cm³/mol. The van der Waals surface area contributed by atoms with Crippen LogP contribution in [0.2, 0.25) is 0 Å². The van der Waals surface area contributed by atoms with E-state index in [2.05, 4.69) is 4.98 Å². The Morgan fingerprint density at radius 2 is 1.71 bits per heavy atom. The van der Waals surface area contributed by atoms with E-state index in [1.165, 1.54) is 0 Å². The van der Waals surface area contributed by atoms with Gasteiger partial charge in [0.15, 0.2) is 11.5 Å². The number of pyridine rings is 1. The molecule has 0 saturated heterocycles. The summed E-state index contributed by atoms with van der Waals surface area (Å²) in [4.78, 5) is 4.56. The van der Waals surface area contributed by atoms with Crippen LogP contribution in [0.4, 0.5) is 0 Å². The molecule has 4 nitrogen and oxygen atoms in total. The zero-order valence-corrected chi connectivity index (χ0v) is 11.7. The van der Waals surface area contributed by atoms with Crippen molar-refractivity contribution >= 4 is 10.9 Å². The highest BCUT2D eigenvalue weighted by atomic mass is 16.5. The van der Waals surface area contributed by atoms with Crippen molar-refractivity contribution in [1.82, 2.24) is 4.98 Å². The zero-order valence-electron chi connectivity index (χ0n) is 11.7. The molecule has 1 aromatic heterocycles. The van der Waals surface area contributed by atoms with Gasteiger partial charge in [-0.1, -0.05) is 30.3 Å². The standard InChI is InChI=1S/C17H16N2O2/c1-20-15-8-4-5-9-16(15)21-17-13(11-18)10-12-6-2-3-7-14(12)19-17/h2-10H,11,18H2,1H3. The first kappa shape index (κ1) is 13.4. The molecule has 2 N–H and O–H groups in total. The number of benzene rings is 2. The number of rotatable bonds is 4. The van der Waals surface area contributed by atoms with E-state index in [1.54, 1.807) is 7.11 Å². The molecule has 3 rings (SSSR count). The summed E-state index contributed by atoms with van der Waals surface area (Å²) in [5.74, 6) is 1.80. The summed E-state index contributed by atoms with van der Waals surface area (Å²) in [7, 11) is 1.61. The average Bonchev–Trinajstić information content (AvgIpc) is 2.54. The van der Waals surface area contributed by atoms with Crippen LogP contribution in [-0.4, -0.2) is 12.1 Å². The average molecular weight is 280 g/mol. The maximum Gasteiger partial charge on any atom is 0.224 e. The first-order valence-electron chi connectivity index (χ1n) is 6.71. The van der Waals surface area contributed by atoms with Gasteiger partial charge in [0.2, 0.25) is 5.88 Å². The third-order valence-electron chi connectivity index (χ3n) is 3.26. The summed E-state index contributed by atoms with van der Waals surface area (Å²) >= 11 is 0. The lowest BCUT2D eigenvalue weighted by molar-refractivity contribution is 0.373. The molecular formula is C17H16N2O2. The number of nitrogens with zero attached hydrogens (tertiary/aromatic N) is 1. The molecule has 0 aliphatic rings. The lowest BCUT2D eigenvalue weighted by atomic mass is 10.1. The Balaban J connectivity index is 2.06. The smallest absolute Gasteiger partial charge is 0.224 e. The number of hydrogen-bond acceptors (Lipinski definition) is 4. The first-order valence-corrected chi connectivity index (χ1v) is 6.71. The van der Waals surface area contributed by atoms with Crippen LogP contribution in [0.25, 0.3) is 10.9 Å². The Labute approximate surface area is 123 Å². The van der Waals surface area contributed by atoms with Crippen molar-refractivity contribution in [3.63, 3.8) is 0 Å². The monoisotopic (exact) mass is 280 g/mol. The van der Waals surface area contributed by atoms with Crippen LogP contribution in [0, 0.1) is 0 Å². The van der Waals surface area contributed by atoms with Crippen LogP contribution in [0.3, 0.4) is 0 Å². The molecule has 0 aliphatic heterocycles. The molecule has 1 heterocycles. The number of ether oxygens (including phenoxy) is 2. The van der Waals surface area contributed by atoms with E-state index < -0.39 is 0 Å². The van der Waals surface area contributed by atoms with Gasteiger partial charge in [-0.15, -0.1) is 0 Å². The fraction of sp³-hybridized carbons (Fsp3) is 0.118. The highest BCUT2D eigenvalue weighted by molar-refractivity contribution is 5.80. The van der Waals surface area contributed by atoms with Crippen molar-refractivity contribution in [2.45, 2.75) is 6.54 Å². The van der Waals surface area contributed by atoms with Crippen molar-refractivity contribution in [3.8, 4) is 17.4 Å². The summed E-state index contributed by atoms with van der Waals surface area (Å²) in [6, 6.07) is 17.4. The fourth-order valence-electron chi connectivity index (χ4n) is 2.18. The summed E-state index contributed by atoms with van der Waals surface area (Å²) in [5, 5.41) is 1.05. The lowest BCUT2D eigenvalue weighted by Crippen LogP contribution is -2.02. The third kappa shape index (κ3) is 2.66. The Hall–Kier alpha value is -2.59. The van der Waals surface area contributed by atoms with Crippen molar-refractivity contribution in [2.75, 3.05) is 7.11 Å². The summed E-state index contributed by atoms with van der Waals surface area (Å²) < 4.78 is 11.2. The SMILES string of the molecule is COc1ccccc1Oc1nc2ccccc2cc1CN. The van der Waals surface area contributed by atoms with Crippen molar-refractivity contribution in [2.24, 2.45) is 5.73 Å². The molecule has 0 aliphatic carbocycles. The minimum Gasteiger partial charge on any atom is -0.493 e. The second kappa shape index (κ2) is 5.81. The predicted octanol–water partition coefficient (Wildman–Crippen LogP) is 3.49. The van der Waals surface area contributed by atoms with Crippen molar-refractivity contribution in [3.05, 3.63) is 60.2 Å². The number of para-hydroxylation sites is 3. The second-order valence-electron chi connectivity index (χ2n) is 4.60. The largest absolute Gasteiger partial charge is 0.493 e. The van der Waals surface area contributed by atoms with Crippen LogP contribution in [0.1, 0.15) is 5.56 Å². The minimum atomic E-state index is 0.363. The number of methoxy groups -OCH3 is 1. The molecule has 0 spiro atoms. The number of nitrogens with two attached hydrogens (primary N) is 1. The van der Waals surface area contributed by atoms with Gasteiger partial charge in [-0.25, -0.2) is 4.98 Å². The molecule has 0 unspecified atom stereocenters. The highest BCUT2D eigenvalue weighted by Gasteiger charge is 2.11. The van der Waals surface area contributed by atoms with E-state index in [0.29, 0.717) is 23.9 Å². The molecule has 0 saturated carbocycles. The Kier molecular flexibility index (Phi) is 3.71. The van der Waals surface area contributed by atoms with Crippen LogP contribution < -0.4 is 15.2 Å². The maximum atomic E-state index is 5.91. The third-order valence-corrected chi connectivity index (χ3v) is 3.26. The quantitative estimate of drug-likeness (QED) is 0.794. The Morgan fingerprint density at radius 3 is 2.48 bits per heavy atom. The van der Waals surface area contributed by atoms with Gasteiger partial charge in [-0.05, 0) is 24.3 Å². The van der Waals surface area contributed by atoms with E-state index >= 15 is 0 Å². The Morgan fingerprint density at radius 1 is 1.00 bits per heavy atom. The maximum absolute atomic E-state index is 5.91. The Bertz CT molecular complexity index is 772. The van der Waals surface area contributed by atoms with Crippen molar-refractivity contribution in [1.29, 1.82) is 0 Å². The molecule has 106 valence electrons. The van der Waals surface area contributed by atoms with E-state index in [4.69, 9.17) is 15.2 Å². The normalized spacial score (nSPS) is 10.6. The summed E-state index contributed by atoms with van der Waals surface area (Å²) in [6.45, 7) is 0.363. The van der Waals surface area contributed by atoms with Crippen molar-refractivity contribution < 1.29 is 9.47 Å². The van der Waals surface area contributed by atoms with E-state index in [1.807, 2.05) is 54.6 Å². The van der Waals surface area contributed by atoms with Gasteiger partial charge in [0, 0.05) is 17.5 Å². The molecule has 2 aromatic carbocycles. The molecule has 0 radical (unpaired) electrons. The van der Waals surface area contributed by atoms with Gasteiger partial charge in [0.05, 0.1) is 12.6 Å². The van der Waals surface area contributed by atoms with Crippen LogP contribution in [0.5, 0.6) is 17.4 Å². The first-order chi connectivity index (χ1) is 10.3. The number of fused-ring (bicyclic) bond motifs is 1. The molecule has 4 heteroatoms. The summed E-state index contributed by atoms with van der Waals surface area (Å²) in [5.41, 5.74) is 7.55. The van der Waals surface area contributed by atoms with Gasteiger partial charge >= 0.3 is 0 Å². The van der Waals surface area contributed by atoms with Crippen LogP contribution in [0.15, 0.2) is 54.6 Å². The molecule has 3 aromatic rings. The van der Waals surface area contributed by atoms with E-state index in [9.17, 15) is 0 Å². The minimum absolute atomic E-state index is 0.363. The molecular weight excluding hydrogens is 264 g/mol. The molecule has 0 amide bonds. The van der Waals surface area contributed by atoms with Gasteiger partial charge in [0.1, 0.15) is 0 Å². The fourth-order valence-corrected chi connectivity index (χ4v) is 2.18. The number of aromatic nitrogens is 1. The topological polar surface area (TPSA) is 57.4 Å². The molecule has 0 fully saturated rings. The number of hydrogen-bond donors (Lipinski definition) is 1. The summed E-state index contributed by atoms with van der Waals surface area (Å²) in [6.07, 6.45) is 0. The lowest BCUT2D eigenvalue weighted by Gasteiger charge is -2.12. The molecule has 0 atom stereocenters. The van der Waals surface area contributed by atoms with Gasteiger partial charge < -0.3 is 15.2 Å². The van der Waals surface area contributed by atoms with E-state index in [0.717, 1.165) is 16.5 Å². The molecule has 21 heavy (non-hydrogen) atoms. The van der Waals surface area contributed by atoms with Gasteiger partial charge in [-0.3, -0.25) is 0 Å².